The fraction of sp³-hybridized carbons (Fsp3) is 0.938. The van der Waals surface area contributed by atoms with E-state index >= 15 is 0 Å². The normalized spacial score (nSPS) is 28.0. The minimum Gasteiger partial charge on any atom is -0.375 e. The zero-order valence-electron chi connectivity index (χ0n) is 15.8. The molecule has 8 nitrogen and oxygen atoms in total. The quantitative estimate of drug-likeness (QED) is 0.312. The van der Waals surface area contributed by atoms with E-state index in [9.17, 15) is 8.42 Å². The van der Waals surface area contributed by atoms with Crippen LogP contribution < -0.4 is 5.32 Å². The standard InChI is InChI=1S/C16H30N4O4S2.HI/c1-17-16(18-4-12-26(21,22)20-6-10-25-11-7-20)19-5-9-24-15(13-19)14-3-2-8-23-14;/h14-15H,2-13H2,1H3,(H,17,18);1H. The van der Waals surface area contributed by atoms with Gasteiger partial charge in [-0.15, -0.1) is 24.0 Å². The number of thioether (sulfide) groups is 1. The average Bonchev–Trinajstić information content (AvgIpc) is 3.21. The number of guanidine groups is 1. The lowest BCUT2D eigenvalue weighted by molar-refractivity contribution is -0.0816. The minimum atomic E-state index is -3.20. The minimum absolute atomic E-state index is 0. The highest BCUT2D eigenvalue weighted by Crippen LogP contribution is 2.21. The summed E-state index contributed by atoms with van der Waals surface area (Å²) < 4.78 is 38.1. The third-order valence-corrected chi connectivity index (χ3v) is 7.81. The Labute approximate surface area is 183 Å². The molecule has 0 aromatic heterocycles. The maximum absolute atomic E-state index is 12.4. The largest absolute Gasteiger partial charge is 0.375 e. The highest BCUT2D eigenvalue weighted by atomic mass is 127. The molecule has 3 fully saturated rings. The zero-order chi connectivity index (χ0) is 18.4. The molecule has 0 saturated carbocycles. The molecular formula is C16H31IN4O4S2. The van der Waals surface area contributed by atoms with E-state index in [1.165, 1.54) is 0 Å². The number of morpholine rings is 1. The number of aliphatic imine (C=N–C) groups is 1. The second kappa shape index (κ2) is 11.4. The molecule has 0 bridgehead atoms. The Kier molecular flexibility index (Phi) is 9.89. The molecule has 3 aliphatic rings. The molecule has 27 heavy (non-hydrogen) atoms. The van der Waals surface area contributed by atoms with Crippen LogP contribution in [0.1, 0.15) is 12.8 Å². The smallest absolute Gasteiger partial charge is 0.215 e. The maximum atomic E-state index is 12.4. The monoisotopic (exact) mass is 534 g/mol. The van der Waals surface area contributed by atoms with Crippen LogP contribution in [-0.2, 0) is 19.5 Å². The molecule has 11 heteroatoms. The molecule has 0 spiro atoms. The summed E-state index contributed by atoms with van der Waals surface area (Å²) >= 11 is 1.81. The van der Waals surface area contributed by atoms with Gasteiger partial charge in [0.15, 0.2) is 5.96 Å². The molecule has 0 aromatic carbocycles. The van der Waals surface area contributed by atoms with Gasteiger partial charge in [-0.2, -0.15) is 11.8 Å². The van der Waals surface area contributed by atoms with Crippen LogP contribution in [0, 0.1) is 0 Å². The van der Waals surface area contributed by atoms with Crippen LogP contribution in [-0.4, -0.2) is 106 Å². The van der Waals surface area contributed by atoms with Gasteiger partial charge < -0.3 is 19.7 Å². The van der Waals surface area contributed by atoms with Crippen LogP contribution in [0.3, 0.4) is 0 Å². The van der Waals surface area contributed by atoms with Crippen molar-refractivity contribution in [3.8, 4) is 0 Å². The number of halogens is 1. The topological polar surface area (TPSA) is 83.5 Å². The lowest BCUT2D eigenvalue weighted by Gasteiger charge is -2.37. The summed E-state index contributed by atoms with van der Waals surface area (Å²) in [4.78, 5) is 6.47. The first-order valence-corrected chi connectivity index (χ1v) is 12.1. The van der Waals surface area contributed by atoms with Gasteiger partial charge >= 0.3 is 0 Å². The first-order chi connectivity index (χ1) is 12.6. The molecule has 3 heterocycles. The summed E-state index contributed by atoms with van der Waals surface area (Å²) in [6.07, 6.45) is 2.34. The molecule has 3 rings (SSSR count). The van der Waals surface area contributed by atoms with Crippen LogP contribution in [0.5, 0.6) is 0 Å². The lowest BCUT2D eigenvalue weighted by atomic mass is 10.1. The summed E-state index contributed by atoms with van der Waals surface area (Å²) in [5, 5.41) is 3.21. The van der Waals surface area contributed by atoms with Crippen molar-refractivity contribution >= 4 is 51.7 Å². The second-order valence-corrected chi connectivity index (χ2v) is 10.0. The van der Waals surface area contributed by atoms with Crippen LogP contribution >= 0.6 is 35.7 Å². The van der Waals surface area contributed by atoms with Crippen molar-refractivity contribution in [1.82, 2.24) is 14.5 Å². The third-order valence-electron chi connectivity index (χ3n) is 4.99. The second-order valence-electron chi connectivity index (χ2n) is 6.71. The molecule has 0 amide bonds. The maximum Gasteiger partial charge on any atom is 0.215 e. The van der Waals surface area contributed by atoms with Gasteiger partial charge in [0.1, 0.15) is 6.10 Å². The van der Waals surface area contributed by atoms with Crippen molar-refractivity contribution in [3.05, 3.63) is 0 Å². The van der Waals surface area contributed by atoms with E-state index in [1.54, 1.807) is 23.1 Å². The van der Waals surface area contributed by atoms with Crippen molar-refractivity contribution in [2.75, 3.05) is 70.2 Å². The number of hydrogen-bond acceptors (Lipinski definition) is 6. The molecule has 3 saturated heterocycles. The molecule has 0 radical (unpaired) electrons. The van der Waals surface area contributed by atoms with E-state index in [1.807, 2.05) is 0 Å². The number of sulfonamides is 1. The van der Waals surface area contributed by atoms with Crippen LogP contribution in [0.15, 0.2) is 4.99 Å². The average molecular weight is 534 g/mol. The van der Waals surface area contributed by atoms with Crippen molar-refractivity contribution < 1.29 is 17.9 Å². The van der Waals surface area contributed by atoms with E-state index in [0.29, 0.717) is 26.2 Å². The Hall–Kier alpha value is 0.180. The third kappa shape index (κ3) is 6.59. The van der Waals surface area contributed by atoms with E-state index in [2.05, 4.69) is 15.2 Å². The van der Waals surface area contributed by atoms with E-state index < -0.39 is 10.0 Å². The highest BCUT2D eigenvalue weighted by Gasteiger charge is 2.32. The van der Waals surface area contributed by atoms with Gasteiger partial charge in [-0.05, 0) is 12.8 Å². The van der Waals surface area contributed by atoms with Gasteiger partial charge in [-0.3, -0.25) is 4.99 Å². The highest BCUT2D eigenvalue weighted by molar-refractivity contribution is 14.0. The molecule has 158 valence electrons. The molecular weight excluding hydrogens is 503 g/mol. The number of nitrogens with zero attached hydrogens (tertiary/aromatic N) is 3. The predicted molar refractivity (Wildman–Crippen MR) is 120 cm³/mol. The fourth-order valence-corrected chi connectivity index (χ4v) is 6.06. The Balaban J connectivity index is 0.00000261. The van der Waals surface area contributed by atoms with Gasteiger partial charge in [-0.1, -0.05) is 0 Å². The van der Waals surface area contributed by atoms with E-state index in [-0.39, 0.29) is 41.9 Å². The summed E-state index contributed by atoms with van der Waals surface area (Å²) in [5.41, 5.74) is 0. The van der Waals surface area contributed by atoms with Crippen LogP contribution in [0.25, 0.3) is 0 Å². The lowest BCUT2D eigenvalue weighted by Crippen LogP contribution is -2.54. The summed E-state index contributed by atoms with van der Waals surface area (Å²) in [7, 11) is -1.47. The SMILES string of the molecule is CN=C(NCCS(=O)(=O)N1CCSCC1)N1CCOC(C2CCCO2)C1.I. The number of hydrogen-bond donors (Lipinski definition) is 1. The molecule has 0 aliphatic carbocycles. The van der Waals surface area contributed by atoms with Gasteiger partial charge in [0.2, 0.25) is 10.0 Å². The predicted octanol–water partition coefficient (Wildman–Crippen LogP) is 0.438. The van der Waals surface area contributed by atoms with E-state index in [0.717, 1.165) is 50.0 Å². The van der Waals surface area contributed by atoms with Crippen molar-refractivity contribution in [2.24, 2.45) is 4.99 Å². The van der Waals surface area contributed by atoms with Crippen molar-refractivity contribution in [3.63, 3.8) is 0 Å². The number of ether oxygens (including phenoxy) is 2. The van der Waals surface area contributed by atoms with Gasteiger partial charge in [0.25, 0.3) is 0 Å². The molecule has 2 unspecified atom stereocenters. The number of nitrogens with one attached hydrogen (secondary N) is 1. The first-order valence-electron chi connectivity index (χ1n) is 9.34. The summed E-state index contributed by atoms with van der Waals surface area (Å²) in [5.74, 6) is 2.59. The Morgan fingerprint density at radius 1 is 1.19 bits per heavy atom. The molecule has 1 N–H and O–H groups in total. The van der Waals surface area contributed by atoms with Crippen LogP contribution in [0.2, 0.25) is 0 Å². The number of rotatable bonds is 5. The van der Waals surface area contributed by atoms with Gasteiger partial charge in [0.05, 0.1) is 18.5 Å². The van der Waals surface area contributed by atoms with E-state index in [4.69, 9.17) is 9.47 Å². The van der Waals surface area contributed by atoms with Crippen molar-refractivity contribution in [1.29, 1.82) is 0 Å². The molecule has 3 aliphatic heterocycles. The fourth-order valence-electron chi connectivity index (χ4n) is 3.57. The van der Waals surface area contributed by atoms with Gasteiger partial charge in [-0.25, -0.2) is 12.7 Å². The summed E-state index contributed by atoms with van der Waals surface area (Å²) in [6, 6.07) is 0. The zero-order valence-corrected chi connectivity index (χ0v) is 19.8. The Morgan fingerprint density at radius 2 is 1.93 bits per heavy atom. The van der Waals surface area contributed by atoms with Gasteiger partial charge in [0, 0.05) is 57.9 Å². The Morgan fingerprint density at radius 3 is 2.59 bits per heavy atom. The van der Waals surface area contributed by atoms with Crippen molar-refractivity contribution in [2.45, 2.75) is 25.0 Å². The first kappa shape index (κ1) is 23.5. The molecule has 0 aromatic rings. The van der Waals surface area contributed by atoms with Crippen LogP contribution in [0.4, 0.5) is 0 Å². The summed E-state index contributed by atoms with van der Waals surface area (Å²) in [6.45, 7) is 4.52. The molecule has 2 atom stereocenters. The Bertz CT molecular complexity index is 581.